The van der Waals surface area contributed by atoms with Gasteiger partial charge in [0.2, 0.25) is 0 Å². The van der Waals surface area contributed by atoms with E-state index in [1.54, 1.807) is 0 Å². The van der Waals surface area contributed by atoms with Crippen molar-refractivity contribution >= 4 is 44.6 Å². The number of amides is 1. The number of nitrogens with zero attached hydrogens (tertiary/aromatic N) is 1. The van der Waals surface area contributed by atoms with Gasteiger partial charge in [0.1, 0.15) is 11.6 Å². The van der Waals surface area contributed by atoms with Crippen LogP contribution in [0.5, 0.6) is 5.75 Å². The molecule has 0 radical (unpaired) electrons. The van der Waals surface area contributed by atoms with E-state index in [0.29, 0.717) is 0 Å². The highest BCUT2D eigenvalue weighted by atomic mass is 35.5. The molecule has 0 heterocycles. The molecule has 3 aromatic carbocycles. The fourth-order valence-corrected chi connectivity index (χ4v) is 3.92. The molecule has 0 fully saturated rings. The fraction of sp³-hybridized carbons (Fsp3) is 0.0500. The zero-order valence-corrected chi connectivity index (χ0v) is 17.7. The van der Waals surface area contributed by atoms with Crippen molar-refractivity contribution in [2.24, 2.45) is 0 Å². The predicted molar refractivity (Wildman–Crippen MR) is 116 cm³/mol. The van der Waals surface area contributed by atoms with E-state index in [2.05, 4.69) is 10.0 Å². The van der Waals surface area contributed by atoms with Crippen LogP contribution < -0.4 is 14.8 Å². The molecule has 0 bridgehead atoms. The van der Waals surface area contributed by atoms with E-state index in [1.807, 2.05) is 0 Å². The van der Waals surface area contributed by atoms with Crippen LogP contribution in [0.1, 0.15) is 0 Å². The zero-order valence-electron chi connectivity index (χ0n) is 16.1. The van der Waals surface area contributed by atoms with Gasteiger partial charge in [0.15, 0.2) is 6.61 Å². The Kier molecular flexibility index (Phi) is 6.91. The maximum absolute atomic E-state index is 13.0. The number of nitrogens with one attached hydrogen (secondary N) is 2. The van der Waals surface area contributed by atoms with Crippen molar-refractivity contribution < 1.29 is 27.3 Å². The lowest BCUT2D eigenvalue weighted by Crippen LogP contribution is -2.20. The second-order valence-electron chi connectivity index (χ2n) is 6.35. The first-order valence-electron chi connectivity index (χ1n) is 8.89. The van der Waals surface area contributed by atoms with Crippen molar-refractivity contribution in [2.45, 2.75) is 4.90 Å². The van der Waals surface area contributed by atoms with Gasteiger partial charge in [0.25, 0.3) is 21.6 Å². The van der Waals surface area contributed by atoms with E-state index in [-0.39, 0.29) is 32.7 Å². The molecule has 9 nitrogen and oxygen atoms in total. The molecular weight excluding hydrogens is 465 g/mol. The third-order valence-electron chi connectivity index (χ3n) is 4.01. The molecule has 0 saturated heterocycles. The molecule has 0 aromatic heterocycles. The van der Waals surface area contributed by atoms with Gasteiger partial charge in [-0.05, 0) is 48.5 Å². The number of carbonyl (C=O) groups is 1. The highest BCUT2D eigenvalue weighted by molar-refractivity contribution is 7.92. The molecule has 0 atom stereocenters. The summed E-state index contributed by atoms with van der Waals surface area (Å²) in [4.78, 5) is 22.1. The Labute approximate surface area is 187 Å². The number of anilines is 2. The van der Waals surface area contributed by atoms with Gasteiger partial charge in [-0.15, -0.1) is 0 Å². The van der Waals surface area contributed by atoms with Gasteiger partial charge < -0.3 is 10.1 Å². The SMILES string of the molecule is O=C(COc1ccc(S(=O)(=O)Nc2ccc(F)cc2)cc1Cl)Nc1cccc([N+](=O)[O-])c1. The number of nitro benzene ring substituents is 1. The minimum atomic E-state index is -4.00. The van der Waals surface area contributed by atoms with Crippen molar-refractivity contribution in [3.8, 4) is 5.75 Å². The Morgan fingerprint density at radius 1 is 1.06 bits per heavy atom. The summed E-state index contributed by atoms with van der Waals surface area (Å²) in [6.07, 6.45) is 0. The lowest BCUT2D eigenvalue weighted by Gasteiger charge is -2.11. The highest BCUT2D eigenvalue weighted by Crippen LogP contribution is 2.28. The molecule has 32 heavy (non-hydrogen) atoms. The summed E-state index contributed by atoms with van der Waals surface area (Å²) >= 11 is 6.08. The van der Waals surface area contributed by atoms with Gasteiger partial charge in [-0.1, -0.05) is 17.7 Å². The minimum Gasteiger partial charge on any atom is -0.482 e. The van der Waals surface area contributed by atoms with Crippen LogP contribution in [-0.2, 0) is 14.8 Å². The highest BCUT2D eigenvalue weighted by Gasteiger charge is 2.17. The van der Waals surface area contributed by atoms with E-state index in [4.69, 9.17) is 16.3 Å². The van der Waals surface area contributed by atoms with Crippen LogP contribution in [0.25, 0.3) is 0 Å². The first-order chi connectivity index (χ1) is 15.1. The summed E-state index contributed by atoms with van der Waals surface area (Å²) < 4.78 is 45.5. The molecule has 0 aliphatic rings. The summed E-state index contributed by atoms with van der Waals surface area (Å²) in [5.41, 5.74) is 0.200. The Bertz CT molecular complexity index is 1270. The van der Waals surface area contributed by atoms with Crippen LogP contribution in [0.2, 0.25) is 5.02 Å². The summed E-state index contributed by atoms with van der Waals surface area (Å²) in [6, 6.07) is 13.8. The summed E-state index contributed by atoms with van der Waals surface area (Å²) in [6.45, 7) is -0.470. The number of benzene rings is 3. The van der Waals surface area contributed by atoms with Crippen LogP contribution >= 0.6 is 11.6 Å². The van der Waals surface area contributed by atoms with Gasteiger partial charge >= 0.3 is 0 Å². The van der Waals surface area contributed by atoms with Crippen LogP contribution in [-0.4, -0.2) is 25.9 Å². The number of hydrogen-bond acceptors (Lipinski definition) is 6. The number of rotatable bonds is 8. The molecule has 3 rings (SSSR count). The maximum atomic E-state index is 13.0. The molecule has 0 aliphatic heterocycles. The van der Waals surface area contributed by atoms with Crippen molar-refractivity contribution in [1.82, 2.24) is 0 Å². The largest absolute Gasteiger partial charge is 0.482 e. The fourth-order valence-electron chi connectivity index (χ4n) is 2.54. The lowest BCUT2D eigenvalue weighted by molar-refractivity contribution is -0.384. The molecule has 3 aromatic rings. The Morgan fingerprint density at radius 3 is 2.44 bits per heavy atom. The number of ether oxygens (including phenoxy) is 1. The minimum absolute atomic E-state index is 0.0570. The molecule has 0 aliphatic carbocycles. The van der Waals surface area contributed by atoms with Gasteiger partial charge in [-0.25, -0.2) is 12.8 Å². The predicted octanol–water partition coefficient (Wildman–Crippen LogP) is 4.21. The monoisotopic (exact) mass is 479 g/mol. The van der Waals surface area contributed by atoms with Crippen LogP contribution in [0.15, 0.2) is 71.6 Å². The Balaban J connectivity index is 1.63. The van der Waals surface area contributed by atoms with Crippen LogP contribution in [0.3, 0.4) is 0 Å². The van der Waals surface area contributed by atoms with Gasteiger partial charge in [-0.2, -0.15) is 0 Å². The van der Waals surface area contributed by atoms with Crippen LogP contribution in [0.4, 0.5) is 21.5 Å². The summed E-state index contributed by atoms with van der Waals surface area (Å²) in [5, 5.41) is 13.2. The smallest absolute Gasteiger partial charge is 0.271 e. The maximum Gasteiger partial charge on any atom is 0.271 e. The zero-order chi connectivity index (χ0) is 23.3. The first-order valence-corrected chi connectivity index (χ1v) is 10.8. The topological polar surface area (TPSA) is 128 Å². The van der Waals surface area contributed by atoms with E-state index >= 15 is 0 Å². The standard InChI is InChI=1S/C20H15ClFN3O6S/c21-18-11-17(32(29,30)24-14-6-4-13(22)5-7-14)8-9-19(18)31-12-20(26)23-15-2-1-3-16(10-15)25(27)28/h1-11,24H,12H2,(H,23,26). The van der Waals surface area contributed by atoms with E-state index in [1.165, 1.54) is 48.5 Å². The number of nitro groups is 1. The third kappa shape index (κ3) is 5.93. The summed E-state index contributed by atoms with van der Waals surface area (Å²) in [5.74, 6) is -1.05. The summed E-state index contributed by atoms with van der Waals surface area (Å²) in [7, 11) is -4.00. The molecule has 2 N–H and O–H groups in total. The van der Waals surface area contributed by atoms with Crippen LogP contribution in [0, 0.1) is 15.9 Å². The number of halogens is 2. The van der Waals surface area contributed by atoms with Gasteiger partial charge in [-0.3, -0.25) is 19.6 Å². The second kappa shape index (κ2) is 9.62. The molecule has 0 unspecified atom stereocenters. The number of sulfonamides is 1. The van der Waals surface area contributed by atoms with Gasteiger partial charge in [0.05, 0.1) is 14.8 Å². The van der Waals surface area contributed by atoms with Crippen molar-refractivity contribution in [2.75, 3.05) is 16.6 Å². The van der Waals surface area contributed by atoms with E-state index in [9.17, 15) is 27.7 Å². The van der Waals surface area contributed by atoms with Gasteiger partial charge in [0, 0.05) is 23.5 Å². The molecule has 0 spiro atoms. The average Bonchev–Trinajstić information content (AvgIpc) is 2.74. The van der Waals surface area contributed by atoms with E-state index in [0.717, 1.165) is 18.2 Å². The average molecular weight is 480 g/mol. The Morgan fingerprint density at radius 2 is 1.78 bits per heavy atom. The second-order valence-corrected chi connectivity index (χ2v) is 8.44. The Hall–Kier alpha value is -3.70. The molecule has 1 amide bonds. The lowest BCUT2D eigenvalue weighted by atomic mass is 10.3. The van der Waals surface area contributed by atoms with E-state index < -0.39 is 33.3 Å². The molecule has 12 heteroatoms. The number of hydrogen-bond donors (Lipinski definition) is 2. The molecular formula is C20H15ClFN3O6S. The number of non-ortho nitro benzene ring substituents is 1. The van der Waals surface area contributed by atoms with Crippen molar-refractivity contribution in [1.29, 1.82) is 0 Å². The third-order valence-corrected chi connectivity index (χ3v) is 5.68. The number of carbonyl (C=O) groups excluding carboxylic acids is 1. The first kappa shape index (κ1) is 23.0. The van der Waals surface area contributed by atoms with Crippen molar-refractivity contribution in [3.63, 3.8) is 0 Å². The quantitative estimate of drug-likeness (QED) is 0.368. The van der Waals surface area contributed by atoms with Crippen molar-refractivity contribution in [3.05, 3.63) is 87.7 Å². The normalized spacial score (nSPS) is 10.9. The molecule has 166 valence electrons. The molecule has 0 saturated carbocycles.